The average Bonchev–Trinajstić information content (AvgIpc) is 2.59. The number of anilines is 2. The molecular formula is C18H28N6O4. The molecule has 1 aliphatic heterocycles. The Hall–Kier alpha value is -2.91. The summed E-state index contributed by atoms with van der Waals surface area (Å²) in [4.78, 5) is 53.1. The van der Waals surface area contributed by atoms with Crippen molar-refractivity contribution in [3.05, 3.63) is 20.8 Å². The highest BCUT2D eigenvalue weighted by Crippen LogP contribution is 2.21. The number of nitrogens with two attached hydrogens (primary N) is 1. The van der Waals surface area contributed by atoms with Crippen LogP contribution in [0.4, 0.5) is 11.5 Å². The van der Waals surface area contributed by atoms with E-state index in [0.29, 0.717) is 6.54 Å². The zero-order valence-electron chi connectivity index (χ0n) is 17.0. The van der Waals surface area contributed by atoms with E-state index in [1.807, 2.05) is 27.7 Å². The highest BCUT2D eigenvalue weighted by Gasteiger charge is 2.31. The molecule has 154 valence electrons. The molecule has 3 N–H and O–H groups in total. The Morgan fingerprint density at radius 2 is 1.82 bits per heavy atom. The van der Waals surface area contributed by atoms with E-state index in [1.165, 1.54) is 16.5 Å². The number of amides is 2. The van der Waals surface area contributed by atoms with Crippen LogP contribution in [0.2, 0.25) is 0 Å². The first kappa shape index (κ1) is 21.4. The number of nitrogen functional groups attached to an aromatic ring is 1. The van der Waals surface area contributed by atoms with E-state index in [0.717, 1.165) is 5.01 Å². The smallest absolute Gasteiger partial charge is 0.330 e. The Morgan fingerprint density at radius 1 is 1.18 bits per heavy atom. The van der Waals surface area contributed by atoms with Gasteiger partial charge in [0, 0.05) is 33.0 Å². The number of rotatable bonds is 6. The van der Waals surface area contributed by atoms with Gasteiger partial charge in [0.15, 0.2) is 5.69 Å². The van der Waals surface area contributed by atoms with Gasteiger partial charge in [0.25, 0.3) is 11.5 Å². The van der Waals surface area contributed by atoms with Crippen LogP contribution >= 0.6 is 0 Å². The third-order valence-corrected chi connectivity index (χ3v) is 4.28. The number of aromatic amines is 1. The molecule has 28 heavy (non-hydrogen) atoms. The Morgan fingerprint density at radius 3 is 2.36 bits per heavy atom. The first-order valence-electron chi connectivity index (χ1n) is 9.31. The minimum absolute atomic E-state index is 0.0248. The summed E-state index contributed by atoms with van der Waals surface area (Å²) in [7, 11) is 1.48. The molecule has 0 atom stereocenters. The van der Waals surface area contributed by atoms with E-state index in [9.17, 15) is 19.2 Å². The van der Waals surface area contributed by atoms with E-state index < -0.39 is 17.2 Å². The fraction of sp³-hybridized carbons (Fsp3) is 0.611. The van der Waals surface area contributed by atoms with Gasteiger partial charge in [0.1, 0.15) is 11.5 Å². The predicted octanol–water partition coefficient (Wildman–Crippen LogP) is 0.372. The number of hydrazone groups is 1. The van der Waals surface area contributed by atoms with Crippen LogP contribution in [0.25, 0.3) is 0 Å². The van der Waals surface area contributed by atoms with Crippen molar-refractivity contribution in [2.75, 3.05) is 24.2 Å². The van der Waals surface area contributed by atoms with Crippen molar-refractivity contribution in [2.45, 2.75) is 47.1 Å². The quantitative estimate of drug-likeness (QED) is 0.721. The Bertz CT molecular complexity index is 912. The summed E-state index contributed by atoms with van der Waals surface area (Å²) in [6.07, 6.45) is 0.343. The van der Waals surface area contributed by atoms with Crippen LogP contribution in [-0.4, -0.2) is 45.7 Å². The Kier molecular flexibility index (Phi) is 6.42. The predicted molar refractivity (Wildman–Crippen MR) is 107 cm³/mol. The van der Waals surface area contributed by atoms with Gasteiger partial charge in [-0.1, -0.05) is 27.7 Å². The van der Waals surface area contributed by atoms with Gasteiger partial charge in [-0.25, -0.2) is 9.80 Å². The van der Waals surface area contributed by atoms with Crippen LogP contribution in [0.1, 0.15) is 40.5 Å². The van der Waals surface area contributed by atoms with Gasteiger partial charge in [-0.05, 0) is 11.8 Å². The summed E-state index contributed by atoms with van der Waals surface area (Å²) in [5.74, 6) is -0.612. The van der Waals surface area contributed by atoms with Gasteiger partial charge in [-0.15, -0.1) is 0 Å². The van der Waals surface area contributed by atoms with Crippen LogP contribution in [-0.2, 0) is 16.1 Å². The molecule has 0 saturated heterocycles. The lowest BCUT2D eigenvalue weighted by molar-refractivity contribution is -0.130. The van der Waals surface area contributed by atoms with Crippen LogP contribution in [0, 0.1) is 11.8 Å². The first-order chi connectivity index (χ1) is 13.0. The Labute approximate surface area is 163 Å². The summed E-state index contributed by atoms with van der Waals surface area (Å²) >= 11 is 0. The van der Waals surface area contributed by atoms with E-state index in [2.05, 4.69) is 10.1 Å². The van der Waals surface area contributed by atoms with Gasteiger partial charge in [0.2, 0.25) is 5.91 Å². The minimum atomic E-state index is -0.725. The topological polar surface area (TPSA) is 134 Å². The lowest BCUT2D eigenvalue weighted by atomic mass is 10.1. The lowest BCUT2D eigenvalue weighted by Crippen LogP contribution is -2.46. The second kappa shape index (κ2) is 8.41. The summed E-state index contributed by atoms with van der Waals surface area (Å²) in [5.41, 5.74) is 4.93. The highest BCUT2D eigenvalue weighted by atomic mass is 16.2. The fourth-order valence-corrected chi connectivity index (χ4v) is 3.00. The molecule has 0 unspecified atom stereocenters. The molecule has 0 fully saturated rings. The van der Waals surface area contributed by atoms with Crippen molar-refractivity contribution in [1.29, 1.82) is 0 Å². The number of H-pyrrole nitrogens is 1. The number of hydrogen-bond donors (Lipinski definition) is 2. The summed E-state index contributed by atoms with van der Waals surface area (Å²) in [6.45, 7) is 8.13. The van der Waals surface area contributed by atoms with Gasteiger partial charge >= 0.3 is 5.69 Å². The lowest BCUT2D eigenvalue weighted by Gasteiger charge is -2.28. The second-order valence-electron chi connectivity index (χ2n) is 7.77. The second-order valence-corrected chi connectivity index (χ2v) is 7.77. The number of nitrogens with one attached hydrogen (secondary N) is 1. The van der Waals surface area contributed by atoms with E-state index in [1.54, 1.807) is 0 Å². The minimum Gasteiger partial charge on any atom is -0.383 e. The molecule has 2 rings (SSSR count). The third-order valence-electron chi connectivity index (χ3n) is 4.28. The molecule has 10 heteroatoms. The average molecular weight is 392 g/mol. The normalized spacial score (nSPS) is 14.6. The number of carbonyl (C=O) groups is 2. The third kappa shape index (κ3) is 4.49. The number of aromatic nitrogens is 2. The number of hydrogen-bond acceptors (Lipinski definition) is 6. The molecule has 2 heterocycles. The fourth-order valence-electron chi connectivity index (χ4n) is 3.00. The molecule has 0 spiro atoms. The molecule has 0 saturated carbocycles. The van der Waals surface area contributed by atoms with Crippen LogP contribution in [0.3, 0.4) is 0 Å². The van der Waals surface area contributed by atoms with Crippen molar-refractivity contribution in [3.63, 3.8) is 0 Å². The van der Waals surface area contributed by atoms with Gasteiger partial charge < -0.3 is 5.73 Å². The summed E-state index contributed by atoms with van der Waals surface area (Å²) in [5, 5.41) is 5.17. The van der Waals surface area contributed by atoms with Crippen molar-refractivity contribution < 1.29 is 9.59 Å². The summed E-state index contributed by atoms with van der Waals surface area (Å²) in [6, 6.07) is 0. The zero-order chi connectivity index (χ0) is 21.2. The van der Waals surface area contributed by atoms with E-state index >= 15 is 0 Å². The van der Waals surface area contributed by atoms with E-state index in [-0.39, 0.29) is 54.3 Å². The van der Waals surface area contributed by atoms with Crippen molar-refractivity contribution in [2.24, 2.45) is 16.9 Å². The van der Waals surface area contributed by atoms with Crippen molar-refractivity contribution in [3.8, 4) is 0 Å². The molecular weight excluding hydrogens is 364 g/mol. The highest BCUT2D eigenvalue weighted by molar-refractivity contribution is 6.44. The molecule has 0 radical (unpaired) electrons. The molecule has 0 bridgehead atoms. The maximum atomic E-state index is 13.2. The van der Waals surface area contributed by atoms with Gasteiger partial charge in [-0.2, -0.15) is 5.10 Å². The van der Waals surface area contributed by atoms with Crippen LogP contribution in [0.15, 0.2) is 14.7 Å². The zero-order valence-corrected chi connectivity index (χ0v) is 17.0. The maximum absolute atomic E-state index is 13.2. The monoisotopic (exact) mass is 392 g/mol. The standard InChI is InChI=1S/C18H28N6O4/c1-10(2)8-23(17(27)12-6-7-13(25)22(5)21-12)14-15(19)24(9-11(3)4)18(28)20-16(14)26/h10-11H,6-9,19H2,1-5H3,(H,20,26,28). The molecule has 10 nitrogen and oxygen atoms in total. The first-order valence-corrected chi connectivity index (χ1v) is 9.31. The molecule has 1 aromatic heterocycles. The van der Waals surface area contributed by atoms with E-state index in [4.69, 9.17) is 5.73 Å². The number of carbonyl (C=O) groups excluding carboxylic acids is 2. The van der Waals surface area contributed by atoms with Crippen LogP contribution in [0.5, 0.6) is 0 Å². The Balaban J connectivity index is 2.59. The van der Waals surface area contributed by atoms with Gasteiger partial charge in [0.05, 0.1) is 0 Å². The molecule has 0 aromatic carbocycles. The van der Waals surface area contributed by atoms with Crippen molar-refractivity contribution >= 4 is 29.0 Å². The molecule has 1 aromatic rings. The van der Waals surface area contributed by atoms with Gasteiger partial charge in [-0.3, -0.25) is 28.8 Å². The maximum Gasteiger partial charge on any atom is 0.330 e. The molecule has 0 aliphatic carbocycles. The SMILES string of the molecule is CC(C)CN(C(=O)C1=NN(C)C(=O)CC1)c1c(N)n(CC(C)C)c(=O)[nH]c1=O. The number of nitrogens with zero attached hydrogens (tertiary/aromatic N) is 4. The van der Waals surface area contributed by atoms with Crippen molar-refractivity contribution in [1.82, 2.24) is 14.6 Å². The molecule has 2 amide bonds. The largest absolute Gasteiger partial charge is 0.383 e. The van der Waals surface area contributed by atoms with Crippen LogP contribution < -0.4 is 21.9 Å². The summed E-state index contributed by atoms with van der Waals surface area (Å²) < 4.78 is 1.26. The molecule has 1 aliphatic rings.